The van der Waals surface area contributed by atoms with Gasteiger partial charge in [-0.2, -0.15) is 0 Å². The molecule has 1 aromatic carbocycles. The fraction of sp³-hybridized carbons (Fsp3) is 0.562. The van der Waals surface area contributed by atoms with Gasteiger partial charge in [0.15, 0.2) is 0 Å². The van der Waals surface area contributed by atoms with Crippen molar-refractivity contribution < 1.29 is 4.79 Å². The third-order valence-corrected chi connectivity index (χ3v) is 3.05. The van der Waals surface area contributed by atoms with Crippen molar-refractivity contribution in [3.63, 3.8) is 0 Å². The quantitative estimate of drug-likeness (QED) is 0.544. The van der Waals surface area contributed by atoms with Crippen LogP contribution in [-0.2, 0) is 0 Å². The van der Waals surface area contributed by atoms with Crippen LogP contribution in [0.1, 0.15) is 56.3 Å². The number of unbranched alkanes of at least 4 members (excludes halogenated alkanes) is 3. The summed E-state index contributed by atoms with van der Waals surface area (Å²) in [7, 11) is 0. The molecular weight excluding hydrogens is 236 g/mol. The molecule has 1 amide bonds. The molecule has 106 valence electrons. The minimum atomic E-state index is 0.0746. The number of nitrogens with zero attached hydrogens (tertiary/aromatic N) is 1. The number of nitrogens with one attached hydrogen (secondary N) is 1. The predicted molar refractivity (Wildman–Crippen MR) is 79.9 cm³/mol. The Morgan fingerprint density at radius 3 is 2.42 bits per heavy atom. The van der Waals surface area contributed by atoms with Gasteiger partial charge in [-0.05, 0) is 25.0 Å². The lowest BCUT2D eigenvalue weighted by atomic mass is 10.2. The van der Waals surface area contributed by atoms with Gasteiger partial charge in [-0.25, -0.2) is 5.43 Å². The van der Waals surface area contributed by atoms with Crippen molar-refractivity contribution in [1.82, 2.24) is 10.4 Å². The molecule has 0 aromatic heterocycles. The molecule has 0 aliphatic carbocycles. The van der Waals surface area contributed by atoms with Gasteiger partial charge in [-0.3, -0.25) is 9.80 Å². The Morgan fingerprint density at radius 1 is 1.05 bits per heavy atom. The maximum absolute atomic E-state index is 12.4. The van der Waals surface area contributed by atoms with E-state index < -0.39 is 0 Å². The van der Waals surface area contributed by atoms with Gasteiger partial charge in [0.05, 0.1) is 0 Å². The Morgan fingerprint density at radius 2 is 1.79 bits per heavy atom. The van der Waals surface area contributed by atoms with Crippen molar-refractivity contribution in [2.24, 2.45) is 0 Å². The second-order valence-electron chi connectivity index (χ2n) is 4.79. The highest BCUT2D eigenvalue weighted by Crippen LogP contribution is 2.06. The lowest BCUT2D eigenvalue weighted by Crippen LogP contribution is -2.43. The Hall–Kier alpha value is -1.35. The normalized spacial score (nSPS) is 10.4. The highest BCUT2D eigenvalue weighted by Gasteiger charge is 2.14. The second kappa shape index (κ2) is 9.56. The van der Waals surface area contributed by atoms with E-state index in [0.29, 0.717) is 0 Å². The van der Waals surface area contributed by atoms with E-state index in [4.69, 9.17) is 0 Å². The first-order valence-corrected chi connectivity index (χ1v) is 7.40. The van der Waals surface area contributed by atoms with Crippen molar-refractivity contribution in [2.75, 3.05) is 13.1 Å². The van der Waals surface area contributed by atoms with Crippen LogP contribution in [0.5, 0.6) is 0 Å². The highest BCUT2D eigenvalue weighted by atomic mass is 16.2. The van der Waals surface area contributed by atoms with Crippen molar-refractivity contribution in [3.05, 3.63) is 35.9 Å². The lowest BCUT2D eigenvalue weighted by molar-refractivity contribution is 0.0654. The molecule has 0 spiro atoms. The molecule has 1 N–H and O–H groups in total. The van der Waals surface area contributed by atoms with E-state index in [1.54, 1.807) is 5.01 Å². The molecule has 0 aliphatic rings. The summed E-state index contributed by atoms with van der Waals surface area (Å²) in [5.74, 6) is 0.0746. The molecule has 0 unspecified atom stereocenters. The van der Waals surface area contributed by atoms with Crippen molar-refractivity contribution in [2.45, 2.75) is 46.0 Å². The third kappa shape index (κ3) is 5.88. The van der Waals surface area contributed by atoms with Crippen LogP contribution in [0.15, 0.2) is 30.3 Å². The maximum atomic E-state index is 12.4. The van der Waals surface area contributed by atoms with Gasteiger partial charge in [-0.1, -0.05) is 51.3 Å². The molecule has 0 saturated carbocycles. The van der Waals surface area contributed by atoms with Crippen LogP contribution in [0.2, 0.25) is 0 Å². The number of hydrazine groups is 1. The molecular formula is C16H26N2O. The SMILES string of the molecule is CCCCCCN(NCCC)C(=O)c1ccccc1. The first kappa shape index (κ1) is 15.7. The predicted octanol–water partition coefficient (Wildman–Crippen LogP) is 3.62. The van der Waals surface area contributed by atoms with Gasteiger partial charge in [0.2, 0.25) is 0 Å². The van der Waals surface area contributed by atoms with Gasteiger partial charge in [-0.15, -0.1) is 0 Å². The topological polar surface area (TPSA) is 32.3 Å². The smallest absolute Gasteiger partial charge is 0.267 e. The van der Waals surface area contributed by atoms with E-state index >= 15 is 0 Å². The van der Waals surface area contributed by atoms with Crippen molar-refractivity contribution in [1.29, 1.82) is 0 Å². The van der Waals surface area contributed by atoms with E-state index in [9.17, 15) is 4.79 Å². The summed E-state index contributed by atoms with van der Waals surface area (Å²) < 4.78 is 0. The van der Waals surface area contributed by atoms with Crippen LogP contribution >= 0.6 is 0 Å². The average molecular weight is 262 g/mol. The summed E-state index contributed by atoms with van der Waals surface area (Å²) in [6, 6.07) is 9.48. The summed E-state index contributed by atoms with van der Waals surface area (Å²) in [5, 5.41) is 1.77. The number of hydrogen-bond acceptors (Lipinski definition) is 2. The Balaban J connectivity index is 2.54. The first-order chi connectivity index (χ1) is 9.29. The molecule has 0 aliphatic heterocycles. The summed E-state index contributed by atoms with van der Waals surface area (Å²) in [6.07, 6.45) is 5.72. The van der Waals surface area contributed by atoms with Crippen molar-refractivity contribution >= 4 is 5.91 Å². The molecule has 1 aromatic rings. The fourth-order valence-electron chi connectivity index (χ4n) is 1.93. The van der Waals surface area contributed by atoms with Gasteiger partial charge in [0.1, 0.15) is 0 Å². The molecule has 3 nitrogen and oxygen atoms in total. The van der Waals surface area contributed by atoms with Crippen LogP contribution < -0.4 is 5.43 Å². The van der Waals surface area contributed by atoms with Crippen LogP contribution in [0.3, 0.4) is 0 Å². The molecule has 1 rings (SSSR count). The number of carbonyl (C=O) groups is 1. The van der Waals surface area contributed by atoms with Gasteiger partial charge in [0, 0.05) is 18.7 Å². The summed E-state index contributed by atoms with van der Waals surface area (Å²) in [6.45, 7) is 5.93. The van der Waals surface area contributed by atoms with Crippen LogP contribution in [0, 0.1) is 0 Å². The first-order valence-electron chi connectivity index (χ1n) is 7.40. The van der Waals surface area contributed by atoms with Crippen LogP contribution in [0.4, 0.5) is 0 Å². The molecule has 0 radical (unpaired) electrons. The molecule has 0 heterocycles. The minimum absolute atomic E-state index is 0.0746. The maximum Gasteiger partial charge on any atom is 0.267 e. The Labute approximate surface area is 117 Å². The van der Waals surface area contributed by atoms with Gasteiger partial charge >= 0.3 is 0 Å². The molecule has 19 heavy (non-hydrogen) atoms. The molecule has 3 heteroatoms. The average Bonchev–Trinajstić information content (AvgIpc) is 2.47. The van der Waals surface area contributed by atoms with Crippen molar-refractivity contribution in [3.8, 4) is 0 Å². The zero-order valence-corrected chi connectivity index (χ0v) is 12.2. The van der Waals surface area contributed by atoms with E-state index in [2.05, 4.69) is 19.3 Å². The Kier molecular flexibility index (Phi) is 7.91. The standard InChI is InChI=1S/C16H26N2O/c1-3-5-6-10-14-18(17-13-4-2)16(19)15-11-8-7-9-12-15/h7-9,11-12,17H,3-6,10,13-14H2,1-2H3. The number of amides is 1. The van der Waals surface area contributed by atoms with Crippen LogP contribution in [0.25, 0.3) is 0 Å². The second-order valence-corrected chi connectivity index (χ2v) is 4.79. The molecule has 0 fully saturated rings. The third-order valence-electron chi connectivity index (χ3n) is 3.05. The molecule has 0 atom stereocenters. The summed E-state index contributed by atoms with van der Waals surface area (Å²) >= 11 is 0. The number of benzene rings is 1. The minimum Gasteiger partial charge on any atom is -0.274 e. The fourth-order valence-corrected chi connectivity index (χ4v) is 1.93. The number of rotatable bonds is 9. The van der Waals surface area contributed by atoms with Gasteiger partial charge < -0.3 is 0 Å². The van der Waals surface area contributed by atoms with Crippen LogP contribution in [-0.4, -0.2) is 24.0 Å². The monoisotopic (exact) mass is 262 g/mol. The number of carbonyl (C=O) groups excluding carboxylic acids is 1. The van der Waals surface area contributed by atoms with E-state index in [1.807, 2.05) is 30.3 Å². The Bertz CT molecular complexity index is 351. The molecule has 0 saturated heterocycles. The zero-order valence-electron chi connectivity index (χ0n) is 12.2. The van der Waals surface area contributed by atoms with Gasteiger partial charge in [0.25, 0.3) is 5.91 Å². The molecule has 0 bridgehead atoms. The largest absolute Gasteiger partial charge is 0.274 e. The van der Waals surface area contributed by atoms with E-state index in [0.717, 1.165) is 31.5 Å². The highest BCUT2D eigenvalue weighted by molar-refractivity contribution is 5.93. The van der Waals surface area contributed by atoms with E-state index in [1.165, 1.54) is 19.3 Å². The van der Waals surface area contributed by atoms with E-state index in [-0.39, 0.29) is 5.91 Å². The number of hydrogen-bond donors (Lipinski definition) is 1. The zero-order chi connectivity index (χ0) is 13.9. The lowest BCUT2D eigenvalue weighted by Gasteiger charge is -2.23. The summed E-state index contributed by atoms with van der Waals surface area (Å²) in [4.78, 5) is 12.4. The summed E-state index contributed by atoms with van der Waals surface area (Å²) in [5.41, 5.74) is 3.98.